The Hall–Kier alpha value is -1.66. The van der Waals surface area contributed by atoms with Crippen molar-refractivity contribution in [2.75, 3.05) is 46.9 Å². The topological polar surface area (TPSA) is 57.7 Å². The van der Waals surface area contributed by atoms with Crippen molar-refractivity contribution in [1.29, 1.82) is 0 Å². The van der Waals surface area contributed by atoms with Crippen molar-refractivity contribution in [2.45, 2.75) is 32.2 Å². The Balaban J connectivity index is 1.57. The van der Waals surface area contributed by atoms with Crippen LogP contribution in [-0.4, -0.2) is 67.6 Å². The lowest BCUT2D eigenvalue weighted by Gasteiger charge is -2.47. The number of piperidine rings is 2. The third-order valence-electron chi connectivity index (χ3n) is 5.74. The number of hydrogen-bond donors (Lipinski definition) is 1. The normalized spacial score (nSPS) is 21.2. The standard InChI is InChI=1S/C19H30N4O2/c1-20-17(24)14-22-11-7-19(8-12-22)6-4-10-23(15-19)13-16-5-3-9-21-18(16)25-2/h3,5,9H,4,6-8,10-15H2,1-2H3,(H,20,24). The molecule has 0 aromatic carbocycles. The highest BCUT2D eigenvalue weighted by Crippen LogP contribution is 2.40. The molecule has 0 radical (unpaired) electrons. The lowest BCUT2D eigenvalue weighted by Crippen LogP contribution is -2.50. The van der Waals surface area contributed by atoms with Crippen molar-refractivity contribution < 1.29 is 9.53 Å². The molecule has 6 nitrogen and oxygen atoms in total. The molecule has 2 aliphatic rings. The van der Waals surface area contributed by atoms with Crippen molar-refractivity contribution in [3.8, 4) is 5.88 Å². The van der Waals surface area contributed by atoms with Gasteiger partial charge in [0.1, 0.15) is 0 Å². The molecule has 1 amide bonds. The Kier molecular flexibility index (Phi) is 5.91. The zero-order chi connectivity index (χ0) is 17.7. The van der Waals surface area contributed by atoms with Gasteiger partial charge in [-0.3, -0.25) is 14.6 Å². The molecular formula is C19H30N4O2. The number of hydrogen-bond acceptors (Lipinski definition) is 5. The Bertz CT molecular complexity index is 585. The predicted octanol–water partition coefficient (Wildman–Crippen LogP) is 1.51. The summed E-state index contributed by atoms with van der Waals surface area (Å²) in [6.07, 6.45) is 6.71. The Morgan fingerprint density at radius 2 is 2.08 bits per heavy atom. The van der Waals surface area contributed by atoms with E-state index >= 15 is 0 Å². The van der Waals surface area contributed by atoms with Crippen LogP contribution in [0.25, 0.3) is 0 Å². The van der Waals surface area contributed by atoms with Crippen molar-refractivity contribution >= 4 is 5.91 Å². The van der Waals surface area contributed by atoms with Crippen LogP contribution in [0.2, 0.25) is 0 Å². The van der Waals surface area contributed by atoms with Gasteiger partial charge in [0.25, 0.3) is 0 Å². The minimum Gasteiger partial charge on any atom is -0.481 e. The lowest BCUT2D eigenvalue weighted by molar-refractivity contribution is -0.122. The summed E-state index contributed by atoms with van der Waals surface area (Å²) in [4.78, 5) is 20.7. The van der Waals surface area contributed by atoms with Crippen molar-refractivity contribution in [1.82, 2.24) is 20.1 Å². The Morgan fingerprint density at radius 1 is 1.28 bits per heavy atom. The van der Waals surface area contributed by atoms with E-state index in [-0.39, 0.29) is 5.91 Å². The first-order valence-corrected chi connectivity index (χ1v) is 9.27. The number of aromatic nitrogens is 1. The number of nitrogens with one attached hydrogen (secondary N) is 1. The number of rotatable bonds is 5. The number of carbonyl (C=O) groups is 1. The van der Waals surface area contributed by atoms with Crippen LogP contribution in [0.4, 0.5) is 0 Å². The minimum absolute atomic E-state index is 0.116. The van der Waals surface area contributed by atoms with E-state index in [4.69, 9.17) is 4.74 Å². The van der Waals surface area contributed by atoms with E-state index in [0.29, 0.717) is 12.0 Å². The van der Waals surface area contributed by atoms with Crippen LogP contribution in [0.15, 0.2) is 18.3 Å². The molecule has 0 aliphatic carbocycles. The summed E-state index contributed by atoms with van der Waals surface area (Å²) in [6.45, 7) is 5.76. The predicted molar refractivity (Wildman–Crippen MR) is 97.5 cm³/mol. The van der Waals surface area contributed by atoms with E-state index in [1.54, 1.807) is 20.4 Å². The fourth-order valence-corrected chi connectivity index (χ4v) is 4.29. The summed E-state index contributed by atoms with van der Waals surface area (Å²) in [5.74, 6) is 0.854. The van der Waals surface area contributed by atoms with E-state index < -0.39 is 0 Å². The van der Waals surface area contributed by atoms with Gasteiger partial charge in [-0.15, -0.1) is 0 Å². The van der Waals surface area contributed by atoms with E-state index in [0.717, 1.165) is 38.6 Å². The highest BCUT2D eigenvalue weighted by atomic mass is 16.5. The molecule has 0 saturated carbocycles. The number of likely N-dealkylation sites (N-methyl/N-ethyl adjacent to an activating group) is 1. The summed E-state index contributed by atoms with van der Waals surface area (Å²) in [7, 11) is 3.39. The van der Waals surface area contributed by atoms with Crippen LogP contribution in [0, 0.1) is 5.41 Å². The van der Waals surface area contributed by atoms with Gasteiger partial charge in [-0.05, 0) is 56.8 Å². The summed E-state index contributed by atoms with van der Waals surface area (Å²) in [5.41, 5.74) is 1.58. The highest BCUT2D eigenvalue weighted by Gasteiger charge is 2.38. The molecule has 1 N–H and O–H groups in total. The molecule has 0 atom stereocenters. The van der Waals surface area contributed by atoms with E-state index in [9.17, 15) is 4.79 Å². The molecule has 3 heterocycles. The molecule has 1 aromatic rings. The van der Waals surface area contributed by atoms with Crippen LogP contribution in [0.1, 0.15) is 31.2 Å². The second kappa shape index (κ2) is 8.15. The zero-order valence-corrected chi connectivity index (χ0v) is 15.5. The first-order valence-electron chi connectivity index (χ1n) is 9.27. The molecule has 0 bridgehead atoms. The summed E-state index contributed by atoms with van der Waals surface area (Å²) in [6, 6.07) is 4.09. The average Bonchev–Trinajstić information content (AvgIpc) is 2.64. The first kappa shape index (κ1) is 18.1. The molecule has 2 saturated heterocycles. The molecule has 1 aromatic heterocycles. The third-order valence-corrected chi connectivity index (χ3v) is 5.74. The van der Waals surface area contributed by atoms with Crippen LogP contribution in [-0.2, 0) is 11.3 Å². The van der Waals surface area contributed by atoms with Crippen LogP contribution in [0.5, 0.6) is 5.88 Å². The quantitative estimate of drug-likeness (QED) is 0.876. The number of likely N-dealkylation sites (tertiary alicyclic amines) is 2. The number of amides is 1. The zero-order valence-electron chi connectivity index (χ0n) is 15.5. The fraction of sp³-hybridized carbons (Fsp3) is 0.684. The highest BCUT2D eigenvalue weighted by molar-refractivity contribution is 5.77. The molecule has 25 heavy (non-hydrogen) atoms. The lowest BCUT2D eigenvalue weighted by atomic mass is 9.72. The largest absolute Gasteiger partial charge is 0.481 e. The second-order valence-electron chi connectivity index (χ2n) is 7.44. The SMILES string of the molecule is CNC(=O)CN1CCC2(CCCN(Cc3cccnc3OC)C2)CC1. The van der Waals surface area contributed by atoms with Gasteiger partial charge >= 0.3 is 0 Å². The molecule has 0 unspecified atom stereocenters. The number of carbonyl (C=O) groups excluding carboxylic acids is 1. The van der Waals surface area contributed by atoms with E-state index in [1.165, 1.54) is 31.2 Å². The molecular weight excluding hydrogens is 316 g/mol. The molecule has 1 spiro atoms. The van der Waals surface area contributed by atoms with E-state index in [2.05, 4.69) is 26.2 Å². The Morgan fingerprint density at radius 3 is 2.80 bits per heavy atom. The van der Waals surface area contributed by atoms with Gasteiger partial charge in [-0.1, -0.05) is 6.07 Å². The van der Waals surface area contributed by atoms with Gasteiger partial charge in [0.2, 0.25) is 11.8 Å². The van der Waals surface area contributed by atoms with Crippen molar-refractivity contribution in [3.05, 3.63) is 23.9 Å². The maximum Gasteiger partial charge on any atom is 0.233 e. The van der Waals surface area contributed by atoms with Crippen LogP contribution >= 0.6 is 0 Å². The van der Waals surface area contributed by atoms with Gasteiger partial charge in [-0.2, -0.15) is 0 Å². The maximum absolute atomic E-state index is 11.6. The molecule has 2 aliphatic heterocycles. The summed E-state index contributed by atoms with van der Waals surface area (Å²) < 4.78 is 5.40. The number of methoxy groups -OCH3 is 1. The number of pyridine rings is 1. The number of nitrogens with zero attached hydrogens (tertiary/aromatic N) is 3. The van der Waals surface area contributed by atoms with Gasteiger partial charge in [-0.25, -0.2) is 4.98 Å². The molecule has 3 rings (SSSR count). The minimum atomic E-state index is 0.116. The summed E-state index contributed by atoms with van der Waals surface area (Å²) >= 11 is 0. The van der Waals surface area contributed by atoms with E-state index in [1.807, 2.05) is 6.07 Å². The monoisotopic (exact) mass is 346 g/mol. The molecule has 138 valence electrons. The fourth-order valence-electron chi connectivity index (χ4n) is 4.29. The summed E-state index contributed by atoms with van der Waals surface area (Å²) in [5, 5.41) is 2.72. The maximum atomic E-state index is 11.6. The van der Waals surface area contributed by atoms with Crippen molar-refractivity contribution in [3.63, 3.8) is 0 Å². The third kappa shape index (κ3) is 4.50. The van der Waals surface area contributed by atoms with Crippen molar-refractivity contribution in [2.24, 2.45) is 5.41 Å². The first-order chi connectivity index (χ1) is 12.1. The van der Waals surface area contributed by atoms with Crippen LogP contribution < -0.4 is 10.1 Å². The molecule has 6 heteroatoms. The Labute approximate surface area is 150 Å². The van der Waals surface area contributed by atoms with Gasteiger partial charge in [0.15, 0.2) is 0 Å². The van der Waals surface area contributed by atoms with Crippen LogP contribution in [0.3, 0.4) is 0 Å². The van der Waals surface area contributed by atoms with Gasteiger partial charge in [0, 0.05) is 31.9 Å². The van der Waals surface area contributed by atoms with Gasteiger partial charge < -0.3 is 10.1 Å². The second-order valence-corrected chi connectivity index (χ2v) is 7.44. The smallest absolute Gasteiger partial charge is 0.233 e. The molecule has 2 fully saturated rings. The average molecular weight is 346 g/mol. The number of ether oxygens (including phenoxy) is 1. The van der Waals surface area contributed by atoms with Gasteiger partial charge in [0.05, 0.1) is 13.7 Å².